The van der Waals surface area contributed by atoms with E-state index < -0.39 is 29.1 Å². The summed E-state index contributed by atoms with van der Waals surface area (Å²) >= 11 is 0. The first-order valence-corrected chi connectivity index (χ1v) is 12.1. The normalized spacial score (nSPS) is 16.4. The second kappa shape index (κ2) is 9.31. The average Bonchev–Trinajstić information content (AvgIpc) is 3.41. The molecule has 5 rings (SSSR count). The lowest BCUT2D eigenvalue weighted by atomic mass is 9.69. The number of rotatable bonds is 4. The molecule has 8 nitrogen and oxygen atoms in total. The maximum atomic E-state index is 15.0. The van der Waals surface area contributed by atoms with E-state index in [9.17, 15) is 18.8 Å². The second-order valence-electron chi connectivity index (χ2n) is 9.90. The third-order valence-electron chi connectivity index (χ3n) is 7.07. The molecule has 0 aliphatic carbocycles. The molecule has 37 heavy (non-hydrogen) atoms. The van der Waals surface area contributed by atoms with Gasteiger partial charge in [0, 0.05) is 35.7 Å². The second-order valence-corrected chi connectivity index (χ2v) is 9.90. The van der Waals surface area contributed by atoms with Crippen molar-refractivity contribution in [2.75, 3.05) is 13.1 Å². The topological polar surface area (TPSA) is 115 Å². The van der Waals surface area contributed by atoms with Gasteiger partial charge in [-0.05, 0) is 37.1 Å². The van der Waals surface area contributed by atoms with Crippen LogP contribution in [0, 0.1) is 11.2 Å². The highest BCUT2D eigenvalue weighted by Crippen LogP contribution is 2.51. The number of likely N-dealkylation sites (tertiary alicyclic amines) is 1. The number of carbonyl (C=O) groups is 3. The third-order valence-corrected chi connectivity index (χ3v) is 7.07. The number of benzene rings is 2. The molecule has 1 fully saturated rings. The van der Waals surface area contributed by atoms with Crippen LogP contribution in [0.4, 0.5) is 9.18 Å². The zero-order valence-electron chi connectivity index (χ0n) is 20.6. The SMILES string of the molecule is CC(C)(C(=O)NC(N)=O)[C@H]1c2ccccc2Oc2nc(-c3ccc(C(=O)N4CCCC4)c(F)c3)ccc21. The molecule has 2 aromatic carbocycles. The van der Waals surface area contributed by atoms with Gasteiger partial charge in [0.05, 0.1) is 16.7 Å². The summed E-state index contributed by atoms with van der Waals surface area (Å²) in [5, 5.41) is 2.19. The van der Waals surface area contributed by atoms with Gasteiger partial charge in [0.25, 0.3) is 5.91 Å². The van der Waals surface area contributed by atoms with Crippen LogP contribution in [0.1, 0.15) is 54.1 Å². The lowest BCUT2D eigenvalue weighted by molar-refractivity contribution is -0.128. The lowest BCUT2D eigenvalue weighted by Crippen LogP contribution is -2.46. The summed E-state index contributed by atoms with van der Waals surface area (Å²) in [6.07, 6.45) is 1.85. The van der Waals surface area contributed by atoms with Crippen molar-refractivity contribution < 1.29 is 23.5 Å². The molecule has 1 saturated heterocycles. The number of ether oxygens (including phenoxy) is 1. The van der Waals surface area contributed by atoms with E-state index in [2.05, 4.69) is 10.3 Å². The highest BCUT2D eigenvalue weighted by molar-refractivity contribution is 5.97. The number of imide groups is 1. The fourth-order valence-corrected chi connectivity index (χ4v) is 5.12. The molecule has 0 radical (unpaired) electrons. The number of aromatic nitrogens is 1. The Balaban J connectivity index is 1.52. The van der Waals surface area contributed by atoms with Crippen molar-refractivity contribution in [1.82, 2.24) is 15.2 Å². The molecule has 3 heterocycles. The molecule has 3 aromatic rings. The van der Waals surface area contributed by atoms with Crippen molar-refractivity contribution in [3.8, 4) is 22.9 Å². The van der Waals surface area contributed by atoms with Gasteiger partial charge in [-0.1, -0.05) is 44.2 Å². The van der Waals surface area contributed by atoms with E-state index in [0.29, 0.717) is 35.7 Å². The van der Waals surface area contributed by atoms with E-state index in [-0.39, 0.29) is 17.4 Å². The van der Waals surface area contributed by atoms with E-state index in [1.807, 2.05) is 18.2 Å². The number of pyridine rings is 1. The van der Waals surface area contributed by atoms with Gasteiger partial charge in [0.1, 0.15) is 11.6 Å². The quantitative estimate of drug-likeness (QED) is 0.542. The highest BCUT2D eigenvalue weighted by Gasteiger charge is 2.44. The van der Waals surface area contributed by atoms with Gasteiger partial charge in [-0.25, -0.2) is 14.2 Å². The summed E-state index contributed by atoms with van der Waals surface area (Å²) in [4.78, 5) is 43.3. The predicted octanol–water partition coefficient (Wildman–Crippen LogP) is 4.58. The Morgan fingerprint density at radius 3 is 2.49 bits per heavy atom. The zero-order valence-corrected chi connectivity index (χ0v) is 20.6. The minimum Gasteiger partial charge on any atom is -0.438 e. The molecule has 1 atom stereocenters. The Morgan fingerprint density at radius 2 is 1.78 bits per heavy atom. The number of nitrogens with one attached hydrogen (secondary N) is 1. The predicted molar refractivity (Wildman–Crippen MR) is 135 cm³/mol. The van der Waals surface area contributed by atoms with Crippen LogP contribution in [0.2, 0.25) is 0 Å². The molecule has 9 heteroatoms. The number of amides is 4. The first-order valence-electron chi connectivity index (χ1n) is 12.1. The number of nitrogens with two attached hydrogens (primary N) is 1. The van der Waals surface area contributed by atoms with Crippen LogP contribution in [-0.4, -0.2) is 40.8 Å². The summed E-state index contributed by atoms with van der Waals surface area (Å²) in [5.41, 5.74) is 6.52. The molecule has 190 valence electrons. The molecule has 2 aliphatic rings. The zero-order chi connectivity index (χ0) is 26.3. The number of hydrogen-bond donors (Lipinski definition) is 2. The van der Waals surface area contributed by atoms with Crippen molar-refractivity contribution in [2.45, 2.75) is 32.6 Å². The van der Waals surface area contributed by atoms with Crippen LogP contribution in [0.5, 0.6) is 11.6 Å². The van der Waals surface area contributed by atoms with Crippen LogP contribution in [0.3, 0.4) is 0 Å². The van der Waals surface area contributed by atoms with Crippen LogP contribution in [-0.2, 0) is 4.79 Å². The van der Waals surface area contributed by atoms with E-state index >= 15 is 0 Å². The van der Waals surface area contributed by atoms with Crippen molar-refractivity contribution in [2.24, 2.45) is 11.1 Å². The number of carbonyl (C=O) groups excluding carboxylic acids is 3. The molecule has 0 unspecified atom stereocenters. The largest absolute Gasteiger partial charge is 0.438 e. The van der Waals surface area contributed by atoms with Crippen LogP contribution in [0.15, 0.2) is 54.6 Å². The Hall–Kier alpha value is -4.27. The summed E-state index contributed by atoms with van der Waals surface area (Å²) in [5.74, 6) is -1.13. The van der Waals surface area contributed by atoms with Crippen molar-refractivity contribution in [3.63, 3.8) is 0 Å². The Bertz CT molecular complexity index is 1420. The van der Waals surface area contributed by atoms with E-state index in [1.54, 1.807) is 43.0 Å². The van der Waals surface area contributed by atoms with Crippen LogP contribution >= 0.6 is 0 Å². The molecule has 3 N–H and O–H groups in total. The summed E-state index contributed by atoms with van der Waals surface area (Å²) < 4.78 is 21.1. The fourth-order valence-electron chi connectivity index (χ4n) is 5.12. The lowest BCUT2D eigenvalue weighted by Gasteiger charge is -2.37. The Labute approximate surface area is 213 Å². The molecular weight excluding hydrogens is 475 g/mol. The van der Waals surface area contributed by atoms with E-state index in [0.717, 1.165) is 18.4 Å². The maximum absolute atomic E-state index is 15.0. The first-order chi connectivity index (χ1) is 17.7. The molecule has 1 aromatic heterocycles. The van der Waals surface area contributed by atoms with Gasteiger partial charge in [-0.3, -0.25) is 14.9 Å². The number of nitrogens with zero attached hydrogens (tertiary/aromatic N) is 2. The minimum atomic E-state index is -1.09. The number of halogens is 1. The summed E-state index contributed by atoms with van der Waals surface area (Å²) in [7, 11) is 0. The number of urea groups is 1. The van der Waals surface area contributed by atoms with Gasteiger partial charge in [-0.15, -0.1) is 0 Å². The summed E-state index contributed by atoms with van der Waals surface area (Å²) in [6.45, 7) is 4.73. The van der Waals surface area contributed by atoms with Crippen molar-refractivity contribution in [3.05, 3.63) is 77.1 Å². The minimum absolute atomic E-state index is 0.0380. The number of fused-ring (bicyclic) bond motifs is 2. The van der Waals surface area contributed by atoms with Crippen molar-refractivity contribution in [1.29, 1.82) is 0 Å². The van der Waals surface area contributed by atoms with E-state index in [1.165, 1.54) is 12.1 Å². The molecule has 2 aliphatic heterocycles. The molecule has 0 spiro atoms. The monoisotopic (exact) mass is 502 g/mol. The van der Waals surface area contributed by atoms with Crippen molar-refractivity contribution >= 4 is 17.8 Å². The van der Waals surface area contributed by atoms with Crippen LogP contribution < -0.4 is 15.8 Å². The first kappa shape index (κ1) is 24.4. The maximum Gasteiger partial charge on any atom is 0.318 e. The highest BCUT2D eigenvalue weighted by atomic mass is 19.1. The molecule has 4 amide bonds. The fraction of sp³-hybridized carbons (Fsp3) is 0.286. The van der Waals surface area contributed by atoms with Gasteiger partial charge in [0.15, 0.2) is 0 Å². The average molecular weight is 503 g/mol. The smallest absolute Gasteiger partial charge is 0.318 e. The molecule has 0 bridgehead atoms. The number of para-hydroxylation sites is 1. The number of primary amides is 1. The van der Waals surface area contributed by atoms with Crippen LogP contribution in [0.25, 0.3) is 11.3 Å². The van der Waals surface area contributed by atoms with Gasteiger partial charge in [0.2, 0.25) is 11.8 Å². The summed E-state index contributed by atoms with van der Waals surface area (Å²) in [6, 6.07) is 14.3. The van der Waals surface area contributed by atoms with E-state index in [4.69, 9.17) is 10.5 Å². The standard InChI is InChI=1S/C28H27FN4O4/c1-28(2,26(35)32-27(30)36)23-18-7-3-4-8-22(18)37-24-19(23)11-12-21(31-24)16-9-10-17(20(29)15-16)25(34)33-13-5-6-14-33/h3-4,7-12,15,23H,5-6,13-14H2,1-2H3,(H3,30,32,35,36)/t23-/m0/s1. The van der Waals surface area contributed by atoms with Gasteiger partial charge < -0.3 is 15.4 Å². The van der Waals surface area contributed by atoms with Gasteiger partial charge >= 0.3 is 6.03 Å². The Kier molecular flexibility index (Phi) is 6.15. The molecule has 0 saturated carbocycles. The Morgan fingerprint density at radius 1 is 1.05 bits per heavy atom. The van der Waals surface area contributed by atoms with Gasteiger partial charge in [-0.2, -0.15) is 0 Å². The number of hydrogen-bond acceptors (Lipinski definition) is 5. The third kappa shape index (κ3) is 4.41. The molecular formula is C28H27FN4O4.